The minimum Gasteiger partial charge on any atom is -0.374 e. The van der Waals surface area contributed by atoms with E-state index in [1.54, 1.807) is 0 Å². The zero-order valence-corrected chi connectivity index (χ0v) is 13.0. The zero-order chi connectivity index (χ0) is 13.7. The van der Waals surface area contributed by atoms with Crippen molar-refractivity contribution in [2.75, 3.05) is 26.2 Å². The minimum absolute atomic E-state index is 0.377. The number of hydrogen-bond acceptors (Lipinski definition) is 3. The second-order valence-electron chi connectivity index (χ2n) is 6.68. The maximum absolute atomic E-state index is 5.89. The van der Waals surface area contributed by atoms with Crippen molar-refractivity contribution in [1.29, 1.82) is 0 Å². The van der Waals surface area contributed by atoms with E-state index < -0.39 is 0 Å². The standard InChI is InChI=1S/C16H32N2O/c1-13(2)18-9-10-19-16(12-18)11-17-14(3)15-7-5-4-6-8-15/h13-17H,4-12H2,1-3H3. The topological polar surface area (TPSA) is 24.5 Å². The lowest BCUT2D eigenvalue weighted by molar-refractivity contribution is -0.0387. The van der Waals surface area contributed by atoms with Crippen LogP contribution in [-0.4, -0.2) is 49.3 Å². The smallest absolute Gasteiger partial charge is 0.0826 e. The largest absolute Gasteiger partial charge is 0.374 e. The molecule has 1 aliphatic carbocycles. The maximum atomic E-state index is 5.89. The van der Waals surface area contributed by atoms with E-state index in [0.717, 1.165) is 32.2 Å². The van der Waals surface area contributed by atoms with Gasteiger partial charge in [-0.3, -0.25) is 4.90 Å². The molecule has 3 heteroatoms. The molecule has 3 nitrogen and oxygen atoms in total. The Morgan fingerprint density at radius 2 is 1.89 bits per heavy atom. The highest BCUT2D eigenvalue weighted by molar-refractivity contribution is 4.80. The second kappa shape index (κ2) is 7.61. The van der Waals surface area contributed by atoms with Gasteiger partial charge in [-0.05, 0) is 39.5 Å². The molecule has 0 radical (unpaired) electrons. The van der Waals surface area contributed by atoms with E-state index in [4.69, 9.17) is 4.74 Å². The molecular weight excluding hydrogens is 236 g/mol. The van der Waals surface area contributed by atoms with Crippen molar-refractivity contribution in [3.05, 3.63) is 0 Å². The van der Waals surface area contributed by atoms with Gasteiger partial charge in [0.05, 0.1) is 12.7 Å². The van der Waals surface area contributed by atoms with Gasteiger partial charge in [-0.2, -0.15) is 0 Å². The SMILES string of the molecule is CC(NCC1CN(C(C)C)CCO1)C1CCCCC1. The van der Waals surface area contributed by atoms with Gasteiger partial charge in [-0.25, -0.2) is 0 Å². The summed E-state index contributed by atoms with van der Waals surface area (Å²) in [6.45, 7) is 11.0. The fraction of sp³-hybridized carbons (Fsp3) is 1.00. The number of morpholine rings is 1. The number of hydrogen-bond donors (Lipinski definition) is 1. The Kier molecular flexibility index (Phi) is 6.11. The predicted octanol–water partition coefficient (Wildman–Crippen LogP) is 2.65. The lowest BCUT2D eigenvalue weighted by atomic mass is 9.84. The van der Waals surface area contributed by atoms with Crippen LogP contribution in [0.25, 0.3) is 0 Å². The predicted molar refractivity (Wildman–Crippen MR) is 80.5 cm³/mol. The van der Waals surface area contributed by atoms with Gasteiger partial charge in [0, 0.05) is 31.7 Å². The lowest BCUT2D eigenvalue weighted by Crippen LogP contribution is -2.50. The van der Waals surface area contributed by atoms with Crippen molar-refractivity contribution < 1.29 is 4.74 Å². The van der Waals surface area contributed by atoms with E-state index in [9.17, 15) is 0 Å². The molecule has 0 amide bonds. The van der Waals surface area contributed by atoms with Crippen LogP contribution in [-0.2, 0) is 4.74 Å². The van der Waals surface area contributed by atoms with Crippen LogP contribution in [0.2, 0.25) is 0 Å². The summed E-state index contributed by atoms with van der Waals surface area (Å²) in [5, 5.41) is 3.73. The summed E-state index contributed by atoms with van der Waals surface area (Å²) < 4.78 is 5.89. The molecule has 2 rings (SSSR count). The molecule has 1 N–H and O–H groups in total. The first-order valence-corrected chi connectivity index (χ1v) is 8.26. The molecule has 1 saturated heterocycles. The zero-order valence-electron chi connectivity index (χ0n) is 13.0. The fourth-order valence-corrected chi connectivity index (χ4v) is 3.45. The van der Waals surface area contributed by atoms with Crippen molar-refractivity contribution in [2.24, 2.45) is 5.92 Å². The molecule has 0 aromatic heterocycles. The molecule has 2 atom stereocenters. The van der Waals surface area contributed by atoms with E-state index in [1.165, 1.54) is 32.1 Å². The molecule has 0 spiro atoms. The van der Waals surface area contributed by atoms with Gasteiger partial charge in [-0.15, -0.1) is 0 Å². The molecule has 1 heterocycles. The van der Waals surface area contributed by atoms with Crippen LogP contribution in [0, 0.1) is 5.92 Å². The van der Waals surface area contributed by atoms with Gasteiger partial charge in [0.25, 0.3) is 0 Å². The Bertz CT molecular complexity index is 251. The Hall–Kier alpha value is -0.120. The molecule has 0 bridgehead atoms. The van der Waals surface area contributed by atoms with E-state index >= 15 is 0 Å². The van der Waals surface area contributed by atoms with Crippen molar-refractivity contribution >= 4 is 0 Å². The molecule has 2 fully saturated rings. The average molecular weight is 268 g/mol. The number of ether oxygens (including phenoxy) is 1. The number of nitrogens with zero attached hydrogens (tertiary/aromatic N) is 1. The molecule has 112 valence electrons. The van der Waals surface area contributed by atoms with Crippen molar-refractivity contribution in [2.45, 2.75) is 71.1 Å². The monoisotopic (exact) mass is 268 g/mol. The van der Waals surface area contributed by atoms with Gasteiger partial charge in [0.1, 0.15) is 0 Å². The second-order valence-corrected chi connectivity index (χ2v) is 6.68. The Labute approximate surface area is 119 Å². The third-order valence-corrected chi connectivity index (χ3v) is 4.92. The molecule has 2 unspecified atom stereocenters. The van der Waals surface area contributed by atoms with E-state index in [-0.39, 0.29) is 0 Å². The summed E-state index contributed by atoms with van der Waals surface area (Å²) in [4.78, 5) is 2.53. The Morgan fingerprint density at radius 1 is 1.16 bits per heavy atom. The first-order valence-electron chi connectivity index (χ1n) is 8.26. The molecular formula is C16H32N2O. The van der Waals surface area contributed by atoms with Crippen LogP contribution < -0.4 is 5.32 Å². The summed E-state index contributed by atoms with van der Waals surface area (Å²) in [6, 6.07) is 1.29. The minimum atomic E-state index is 0.377. The molecule has 1 aliphatic heterocycles. The molecule has 0 aromatic rings. The third-order valence-electron chi connectivity index (χ3n) is 4.92. The van der Waals surface area contributed by atoms with Crippen LogP contribution >= 0.6 is 0 Å². The highest BCUT2D eigenvalue weighted by atomic mass is 16.5. The highest BCUT2D eigenvalue weighted by Crippen LogP contribution is 2.26. The van der Waals surface area contributed by atoms with E-state index in [2.05, 4.69) is 31.0 Å². The third kappa shape index (κ3) is 4.73. The molecule has 2 aliphatic rings. The van der Waals surface area contributed by atoms with Crippen molar-refractivity contribution in [3.63, 3.8) is 0 Å². The van der Waals surface area contributed by atoms with Crippen LogP contribution in [0.5, 0.6) is 0 Å². The van der Waals surface area contributed by atoms with E-state index in [1.807, 2.05) is 0 Å². The van der Waals surface area contributed by atoms with Gasteiger partial charge >= 0.3 is 0 Å². The average Bonchev–Trinajstić information content (AvgIpc) is 2.46. The first-order chi connectivity index (χ1) is 9.16. The first kappa shape index (κ1) is 15.3. The normalized spacial score (nSPS) is 28.7. The lowest BCUT2D eigenvalue weighted by Gasteiger charge is -2.37. The van der Waals surface area contributed by atoms with E-state index in [0.29, 0.717) is 18.2 Å². The van der Waals surface area contributed by atoms with Crippen LogP contribution in [0.4, 0.5) is 0 Å². The van der Waals surface area contributed by atoms with Crippen LogP contribution in [0.1, 0.15) is 52.9 Å². The maximum Gasteiger partial charge on any atom is 0.0826 e. The Balaban J connectivity index is 1.69. The van der Waals surface area contributed by atoms with Crippen LogP contribution in [0.15, 0.2) is 0 Å². The van der Waals surface area contributed by atoms with Gasteiger partial charge in [-0.1, -0.05) is 19.3 Å². The number of nitrogens with one attached hydrogen (secondary N) is 1. The highest BCUT2D eigenvalue weighted by Gasteiger charge is 2.24. The summed E-state index contributed by atoms with van der Waals surface area (Å²) in [5.74, 6) is 0.888. The number of rotatable bonds is 5. The van der Waals surface area contributed by atoms with Gasteiger partial charge < -0.3 is 10.1 Å². The fourth-order valence-electron chi connectivity index (χ4n) is 3.45. The van der Waals surface area contributed by atoms with Crippen molar-refractivity contribution in [1.82, 2.24) is 10.2 Å². The Morgan fingerprint density at radius 3 is 2.58 bits per heavy atom. The quantitative estimate of drug-likeness (QED) is 0.829. The molecule has 1 saturated carbocycles. The summed E-state index contributed by atoms with van der Waals surface area (Å²) >= 11 is 0. The molecule has 19 heavy (non-hydrogen) atoms. The summed E-state index contributed by atoms with van der Waals surface area (Å²) in [7, 11) is 0. The summed E-state index contributed by atoms with van der Waals surface area (Å²) in [5.41, 5.74) is 0. The molecule has 0 aromatic carbocycles. The summed E-state index contributed by atoms with van der Waals surface area (Å²) in [6.07, 6.45) is 7.51. The van der Waals surface area contributed by atoms with Gasteiger partial charge in [0.2, 0.25) is 0 Å². The van der Waals surface area contributed by atoms with Crippen molar-refractivity contribution in [3.8, 4) is 0 Å². The van der Waals surface area contributed by atoms with Gasteiger partial charge in [0.15, 0.2) is 0 Å². The van der Waals surface area contributed by atoms with Crippen LogP contribution in [0.3, 0.4) is 0 Å².